The second kappa shape index (κ2) is 6.29. The van der Waals surface area contributed by atoms with E-state index in [1.54, 1.807) is 11.3 Å². The van der Waals surface area contributed by atoms with Gasteiger partial charge in [-0.3, -0.25) is 4.90 Å². The molecule has 0 amide bonds. The Hall–Kier alpha value is -1.19. The highest BCUT2D eigenvalue weighted by atomic mass is 32.1. The van der Waals surface area contributed by atoms with Crippen molar-refractivity contribution < 1.29 is 0 Å². The SMILES string of the molecule is Cc1ccc(-c2nc(CN3C(C)CCCC3C)cs2)cc1. The minimum Gasteiger partial charge on any atom is -0.292 e. The largest absolute Gasteiger partial charge is 0.292 e. The van der Waals surface area contributed by atoms with Crippen LogP contribution in [0.1, 0.15) is 44.4 Å². The van der Waals surface area contributed by atoms with Crippen LogP contribution in [0.25, 0.3) is 10.6 Å². The minimum atomic E-state index is 0.679. The molecule has 2 aromatic rings. The van der Waals surface area contributed by atoms with Gasteiger partial charge in [-0.25, -0.2) is 4.98 Å². The van der Waals surface area contributed by atoms with E-state index in [4.69, 9.17) is 4.98 Å². The van der Waals surface area contributed by atoms with Gasteiger partial charge >= 0.3 is 0 Å². The highest BCUT2D eigenvalue weighted by Crippen LogP contribution is 2.28. The van der Waals surface area contributed by atoms with E-state index in [2.05, 4.69) is 55.3 Å². The van der Waals surface area contributed by atoms with Crippen LogP contribution in [0, 0.1) is 6.92 Å². The molecular weight excluding hydrogens is 276 g/mol. The molecule has 0 N–H and O–H groups in total. The zero-order valence-electron chi connectivity index (χ0n) is 13.2. The molecule has 1 aromatic heterocycles. The maximum Gasteiger partial charge on any atom is 0.123 e. The van der Waals surface area contributed by atoms with Gasteiger partial charge < -0.3 is 0 Å². The number of thiazole rings is 1. The molecule has 112 valence electrons. The van der Waals surface area contributed by atoms with Crippen LogP contribution in [0.5, 0.6) is 0 Å². The van der Waals surface area contributed by atoms with Crippen LogP contribution in [0.3, 0.4) is 0 Å². The molecule has 3 rings (SSSR count). The molecule has 1 aromatic carbocycles. The average molecular weight is 300 g/mol. The molecule has 1 aliphatic rings. The van der Waals surface area contributed by atoms with Crippen molar-refractivity contribution in [1.82, 2.24) is 9.88 Å². The lowest BCUT2D eigenvalue weighted by Gasteiger charge is -2.38. The van der Waals surface area contributed by atoms with Gasteiger partial charge in [0.15, 0.2) is 0 Å². The van der Waals surface area contributed by atoms with E-state index in [1.165, 1.54) is 36.1 Å². The van der Waals surface area contributed by atoms with Gasteiger partial charge in [-0.1, -0.05) is 36.2 Å². The van der Waals surface area contributed by atoms with E-state index < -0.39 is 0 Å². The number of hydrogen-bond donors (Lipinski definition) is 0. The number of nitrogens with zero attached hydrogens (tertiary/aromatic N) is 2. The first-order valence-corrected chi connectivity index (χ1v) is 8.78. The van der Waals surface area contributed by atoms with Gasteiger partial charge in [-0.15, -0.1) is 11.3 Å². The third kappa shape index (κ3) is 3.35. The topological polar surface area (TPSA) is 16.1 Å². The summed E-state index contributed by atoms with van der Waals surface area (Å²) in [4.78, 5) is 7.46. The highest BCUT2D eigenvalue weighted by molar-refractivity contribution is 7.13. The van der Waals surface area contributed by atoms with Gasteiger partial charge in [0, 0.05) is 29.6 Å². The molecule has 2 atom stereocenters. The highest BCUT2D eigenvalue weighted by Gasteiger charge is 2.25. The van der Waals surface area contributed by atoms with Crippen LogP contribution in [0.4, 0.5) is 0 Å². The molecule has 3 heteroatoms. The summed E-state index contributed by atoms with van der Waals surface area (Å²) in [7, 11) is 0. The van der Waals surface area contributed by atoms with Crippen molar-refractivity contribution in [2.75, 3.05) is 0 Å². The molecular formula is C18H24N2S. The maximum atomic E-state index is 4.85. The molecule has 1 fully saturated rings. The zero-order chi connectivity index (χ0) is 14.8. The zero-order valence-corrected chi connectivity index (χ0v) is 14.0. The Labute approximate surface area is 131 Å². The van der Waals surface area contributed by atoms with Crippen molar-refractivity contribution in [3.05, 3.63) is 40.9 Å². The van der Waals surface area contributed by atoms with Gasteiger partial charge in [0.2, 0.25) is 0 Å². The second-order valence-corrected chi connectivity index (χ2v) is 7.17. The lowest BCUT2D eigenvalue weighted by Crippen LogP contribution is -2.43. The molecule has 0 saturated carbocycles. The Morgan fingerprint density at radius 1 is 1.14 bits per heavy atom. The fourth-order valence-corrected chi connectivity index (χ4v) is 4.00. The van der Waals surface area contributed by atoms with Crippen LogP contribution in [-0.4, -0.2) is 22.0 Å². The quantitative estimate of drug-likeness (QED) is 0.803. The van der Waals surface area contributed by atoms with Gasteiger partial charge in [-0.2, -0.15) is 0 Å². The van der Waals surface area contributed by atoms with Gasteiger partial charge in [0.1, 0.15) is 5.01 Å². The van der Waals surface area contributed by atoms with Crippen molar-refractivity contribution >= 4 is 11.3 Å². The second-order valence-electron chi connectivity index (χ2n) is 6.31. The van der Waals surface area contributed by atoms with E-state index in [0.717, 1.165) is 11.6 Å². The van der Waals surface area contributed by atoms with Crippen LogP contribution in [0.2, 0.25) is 0 Å². The Morgan fingerprint density at radius 3 is 2.48 bits per heavy atom. The molecule has 0 bridgehead atoms. The van der Waals surface area contributed by atoms with E-state index >= 15 is 0 Å². The van der Waals surface area contributed by atoms with Gasteiger partial charge in [0.05, 0.1) is 5.69 Å². The normalized spacial score (nSPS) is 23.4. The standard InChI is InChI=1S/C18H24N2S/c1-13-7-9-16(10-8-13)18-19-17(12-21-18)11-20-14(2)5-4-6-15(20)3/h7-10,12,14-15H,4-6,11H2,1-3H3. The van der Waals surface area contributed by atoms with Crippen molar-refractivity contribution in [2.45, 2.75) is 58.7 Å². The number of likely N-dealkylation sites (tertiary alicyclic amines) is 1. The molecule has 0 spiro atoms. The Morgan fingerprint density at radius 2 is 1.81 bits per heavy atom. The van der Waals surface area contributed by atoms with E-state index in [0.29, 0.717) is 12.1 Å². The first-order chi connectivity index (χ1) is 10.1. The van der Waals surface area contributed by atoms with Crippen molar-refractivity contribution in [3.63, 3.8) is 0 Å². The van der Waals surface area contributed by atoms with E-state index in [1.807, 2.05) is 0 Å². The molecule has 0 radical (unpaired) electrons. The summed E-state index contributed by atoms with van der Waals surface area (Å²) in [5.74, 6) is 0. The molecule has 1 aliphatic heterocycles. The lowest BCUT2D eigenvalue weighted by molar-refractivity contribution is 0.0941. The monoisotopic (exact) mass is 300 g/mol. The predicted octanol–water partition coefficient (Wildman–Crippen LogP) is 4.88. The van der Waals surface area contributed by atoms with Crippen LogP contribution in [0.15, 0.2) is 29.6 Å². The van der Waals surface area contributed by atoms with E-state index in [9.17, 15) is 0 Å². The maximum absolute atomic E-state index is 4.85. The first-order valence-electron chi connectivity index (χ1n) is 7.90. The van der Waals surface area contributed by atoms with Crippen LogP contribution >= 0.6 is 11.3 Å². The Balaban J connectivity index is 1.74. The fourth-order valence-electron chi connectivity index (χ4n) is 3.18. The summed E-state index contributed by atoms with van der Waals surface area (Å²) in [5, 5.41) is 3.37. The molecule has 21 heavy (non-hydrogen) atoms. The van der Waals surface area contributed by atoms with Gasteiger partial charge in [0.25, 0.3) is 0 Å². The summed E-state index contributed by atoms with van der Waals surface area (Å²) in [6, 6.07) is 10.0. The third-order valence-corrected chi connectivity index (χ3v) is 5.51. The van der Waals surface area contributed by atoms with Crippen molar-refractivity contribution in [2.24, 2.45) is 0 Å². The summed E-state index contributed by atoms with van der Waals surface area (Å²) in [5.41, 5.74) is 3.75. The Kier molecular flexibility index (Phi) is 4.41. The summed E-state index contributed by atoms with van der Waals surface area (Å²) in [6.07, 6.45) is 4.00. The Bertz CT molecular complexity index is 578. The van der Waals surface area contributed by atoms with Crippen LogP contribution in [-0.2, 0) is 6.54 Å². The molecule has 2 nitrogen and oxygen atoms in total. The third-order valence-electron chi connectivity index (χ3n) is 4.57. The smallest absolute Gasteiger partial charge is 0.123 e. The minimum absolute atomic E-state index is 0.679. The number of aromatic nitrogens is 1. The van der Waals surface area contributed by atoms with Crippen LogP contribution < -0.4 is 0 Å². The predicted molar refractivity (Wildman–Crippen MR) is 90.6 cm³/mol. The lowest BCUT2D eigenvalue weighted by atomic mass is 9.97. The number of aryl methyl sites for hydroxylation is 1. The van der Waals surface area contributed by atoms with E-state index in [-0.39, 0.29) is 0 Å². The average Bonchev–Trinajstić information content (AvgIpc) is 2.92. The molecule has 1 saturated heterocycles. The number of rotatable bonds is 3. The summed E-state index contributed by atoms with van der Waals surface area (Å²) < 4.78 is 0. The van der Waals surface area contributed by atoms with Gasteiger partial charge in [-0.05, 0) is 33.6 Å². The number of hydrogen-bond acceptors (Lipinski definition) is 3. The summed E-state index contributed by atoms with van der Waals surface area (Å²) >= 11 is 1.76. The molecule has 0 aliphatic carbocycles. The summed E-state index contributed by atoms with van der Waals surface area (Å²) in [6.45, 7) is 7.81. The number of piperidine rings is 1. The fraction of sp³-hybridized carbons (Fsp3) is 0.500. The van der Waals surface area contributed by atoms with Crippen molar-refractivity contribution in [1.29, 1.82) is 0 Å². The van der Waals surface area contributed by atoms with Crippen molar-refractivity contribution in [3.8, 4) is 10.6 Å². The first kappa shape index (κ1) is 14.7. The molecule has 2 unspecified atom stereocenters. The molecule has 2 heterocycles. The number of benzene rings is 1.